The van der Waals surface area contributed by atoms with Crippen molar-refractivity contribution in [1.29, 1.82) is 0 Å². The fourth-order valence-corrected chi connectivity index (χ4v) is 1.91. The Labute approximate surface area is 93.5 Å². The van der Waals surface area contributed by atoms with E-state index in [1.165, 1.54) is 5.56 Å². The molecule has 0 aliphatic carbocycles. The minimum Gasteiger partial charge on any atom is -0.355 e. The summed E-state index contributed by atoms with van der Waals surface area (Å²) >= 11 is 0. The van der Waals surface area contributed by atoms with Crippen LogP contribution in [0, 0.1) is 6.92 Å². The van der Waals surface area contributed by atoms with E-state index in [2.05, 4.69) is 24.2 Å². The monoisotopic (exact) mass is 209 g/mol. The van der Waals surface area contributed by atoms with E-state index in [1.54, 1.807) is 0 Å². The van der Waals surface area contributed by atoms with Crippen LogP contribution < -0.4 is 0 Å². The maximum absolute atomic E-state index is 5.43. The molecule has 2 nitrogen and oxygen atoms in total. The molecule has 0 unspecified atom stereocenters. The van der Waals surface area contributed by atoms with Gasteiger partial charge in [0.25, 0.3) is 0 Å². The Kier molecular flexibility index (Phi) is 2.00. The summed E-state index contributed by atoms with van der Waals surface area (Å²) in [5.74, 6) is 0.855. The molecule has 0 saturated heterocycles. The third kappa shape index (κ3) is 1.31. The maximum Gasteiger partial charge on any atom is 0.174 e. The molecule has 0 N–H and O–H groups in total. The SMILES string of the molecule is Cc1ccccc1-c1onc2ccccc12. The molecule has 0 spiro atoms. The van der Waals surface area contributed by atoms with Gasteiger partial charge in [-0.1, -0.05) is 41.6 Å². The zero-order valence-electron chi connectivity index (χ0n) is 8.97. The summed E-state index contributed by atoms with van der Waals surface area (Å²) in [5, 5.41) is 5.13. The van der Waals surface area contributed by atoms with Crippen molar-refractivity contribution in [1.82, 2.24) is 5.16 Å². The molecular weight excluding hydrogens is 198 g/mol. The first kappa shape index (κ1) is 9.16. The van der Waals surface area contributed by atoms with Crippen LogP contribution in [0.1, 0.15) is 5.56 Å². The summed E-state index contributed by atoms with van der Waals surface area (Å²) in [5.41, 5.74) is 3.21. The van der Waals surface area contributed by atoms with Crippen LogP contribution in [0.15, 0.2) is 53.1 Å². The molecule has 3 rings (SSSR count). The average molecular weight is 209 g/mol. The van der Waals surface area contributed by atoms with Gasteiger partial charge in [-0.15, -0.1) is 0 Å². The maximum atomic E-state index is 5.43. The second kappa shape index (κ2) is 3.49. The first-order valence-electron chi connectivity index (χ1n) is 5.27. The standard InChI is InChI=1S/C14H11NO/c1-10-6-2-3-7-11(10)14-12-8-4-5-9-13(12)15-16-14/h2-9H,1H3. The first-order valence-corrected chi connectivity index (χ1v) is 5.27. The summed E-state index contributed by atoms with van der Waals surface area (Å²) in [6, 6.07) is 16.1. The van der Waals surface area contributed by atoms with Gasteiger partial charge in [-0.05, 0) is 24.6 Å². The van der Waals surface area contributed by atoms with Crippen molar-refractivity contribution in [2.24, 2.45) is 0 Å². The van der Waals surface area contributed by atoms with E-state index in [0.717, 1.165) is 22.2 Å². The molecule has 0 atom stereocenters. The van der Waals surface area contributed by atoms with Crippen LogP contribution in [0.3, 0.4) is 0 Å². The van der Waals surface area contributed by atoms with Crippen molar-refractivity contribution in [3.8, 4) is 11.3 Å². The van der Waals surface area contributed by atoms with E-state index >= 15 is 0 Å². The summed E-state index contributed by atoms with van der Waals surface area (Å²) in [4.78, 5) is 0. The molecule has 1 heterocycles. The Morgan fingerprint density at radius 3 is 2.56 bits per heavy atom. The van der Waals surface area contributed by atoms with Crippen molar-refractivity contribution in [3.05, 3.63) is 54.1 Å². The fourth-order valence-electron chi connectivity index (χ4n) is 1.91. The minimum absolute atomic E-state index is 0.855. The molecule has 0 radical (unpaired) electrons. The van der Waals surface area contributed by atoms with E-state index < -0.39 is 0 Å². The molecular formula is C14H11NO. The number of nitrogens with zero attached hydrogens (tertiary/aromatic N) is 1. The van der Waals surface area contributed by atoms with Gasteiger partial charge in [-0.3, -0.25) is 0 Å². The number of benzene rings is 2. The van der Waals surface area contributed by atoms with Crippen LogP contribution in [-0.2, 0) is 0 Å². The summed E-state index contributed by atoms with van der Waals surface area (Å²) in [7, 11) is 0. The largest absolute Gasteiger partial charge is 0.355 e. The highest BCUT2D eigenvalue weighted by Gasteiger charge is 2.11. The summed E-state index contributed by atoms with van der Waals surface area (Å²) in [6.45, 7) is 2.08. The van der Waals surface area contributed by atoms with Crippen molar-refractivity contribution in [2.45, 2.75) is 6.92 Å². The zero-order chi connectivity index (χ0) is 11.0. The molecule has 0 fully saturated rings. The molecule has 2 aromatic carbocycles. The van der Waals surface area contributed by atoms with E-state index in [4.69, 9.17) is 4.52 Å². The van der Waals surface area contributed by atoms with Crippen molar-refractivity contribution in [2.75, 3.05) is 0 Å². The summed E-state index contributed by atoms with van der Waals surface area (Å²) in [6.07, 6.45) is 0. The molecule has 2 heteroatoms. The van der Waals surface area contributed by atoms with Gasteiger partial charge in [-0.2, -0.15) is 0 Å². The Morgan fingerprint density at radius 1 is 0.938 bits per heavy atom. The Hall–Kier alpha value is -2.09. The lowest BCUT2D eigenvalue weighted by Crippen LogP contribution is -1.80. The molecule has 78 valence electrons. The molecule has 0 saturated carbocycles. The number of aromatic nitrogens is 1. The number of hydrogen-bond donors (Lipinski definition) is 0. The van der Waals surface area contributed by atoms with Gasteiger partial charge in [-0.25, -0.2) is 0 Å². The zero-order valence-corrected chi connectivity index (χ0v) is 8.97. The van der Waals surface area contributed by atoms with Crippen molar-refractivity contribution in [3.63, 3.8) is 0 Å². The third-order valence-electron chi connectivity index (χ3n) is 2.77. The van der Waals surface area contributed by atoms with Gasteiger partial charge in [0.05, 0.1) is 0 Å². The van der Waals surface area contributed by atoms with Crippen molar-refractivity contribution < 1.29 is 4.52 Å². The quantitative estimate of drug-likeness (QED) is 0.609. The van der Waals surface area contributed by atoms with Gasteiger partial charge in [0.1, 0.15) is 5.52 Å². The van der Waals surface area contributed by atoms with E-state index in [9.17, 15) is 0 Å². The van der Waals surface area contributed by atoms with Crippen LogP contribution in [0.5, 0.6) is 0 Å². The topological polar surface area (TPSA) is 26.0 Å². The van der Waals surface area contributed by atoms with Crippen LogP contribution in [0.2, 0.25) is 0 Å². The van der Waals surface area contributed by atoms with Crippen LogP contribution >= 0.6 is 0 Å². The average Bonchev–Trinajstić information content (AvgIpc) is 2.74. The van der Waals surface area contributed by atoms with Gasteiger partial charge in [0, 0.05) is 10.9 Å². The fraction of sp³-hybridized carbons (Fsp3) is 0.0714. The molecule has 16 heavy (non-hydrogen) atoms. The van der Waals surface area contributed by atoms with Gasteiger partial charge in [0.15, 0.2) is 5.76 Å². The Morgan fingerprint density at radius 2 is 1.69 bits per heavy atom. The normalized spacial score (nSPS) is 10.8. The number of hydrogen-bond acceptors (Lipinski definition) is 2. The highest BCUT2D eigenvalue weighted by Crippen LogP contribution is 2.30. The van der Waals surface area contributed by atoms with Gasteiger partial charge >= 0.3 is 0 Å². The van der Waals surface area contributed by atoms with E-state index in [1.807, 2.05) is 36.4 Å². The number of rotatable bonds is 1. The van der Waals surface area contributed by atoms with Gasteiger partial charge in [0.2, 0.25) is 0 Å². The van der Waals surface area contributed by atoms with Crippen LogP contribution in [0.4, 0.5) is 0 Å². The molecule has 0 bridgehead atoms. The van der Waals surface area contributed by atoms with Crippen molar-refractivity contribution >= 4 is 10.9 Å². The molecule has 1 aromatic heterocycles. The number of aryl methyl sites for hydroxylation is 1. The molecule has 0 aliphatic heterocycles. The lowest BCUT2D eigenvalue weighted by atomic mass is 10.0. The summed E-state index contributed by atoms with van der Waals surface area (Å²) < 4.78 is 5.43. The van der Waals surface area contributed by atoms with Crippen LogP contribution in [-0.4, -0.2) is 5.16 Å². The van der Waals surface area contributed by atoms with Gasteiger partial charge < -0.3 is 4.52 Å². The second-order valence-electron chi connectivity index (χ2n) is 3.84. The van der Waals surface area contributed by atoms with E-state index in [0.29, 0.717) is 0 Å². The highest BCUT2D eigenvalue weighted by molar-refractivity contribution is 5.92. The molecule has 3 aromatic rings. The Bertz CT molecular complexity index is 640. The first-order chi connectivity index (χ1) is 7.86. The predicted molar refractivity (Wildman–Crippen MR) is 64.2 cm³/mol. The smallest absolute Gasteiger partial charge is 0.174 e. The minimum atomic E-state index is 0.855. The Balaban J connectivity index is 2.31. The van der Waals surface area contributed by atoms with Crippen LogP contribution in [0.25, 0.3) is 22.2 Å². The lowest BCUT2D eigenvalue weighted by molar-refractivity contribution is 0.440. The second-order valence-corrected chi connectivity index (χ2v) is 3.84. The number of fused-ring (bicyclic) bond motifs is 1. The highest BCUT2D eigenvalue weighted by atomic mass is 16.5. The third-order valence-corrected chi connectivity index (χ3v) is 2.77. The molecule has 0 aliphatic rings. The predicted octanol–water partition coefficient (Wildman–Crippen LogP) is 3.80. The lowest BCUT2D eigenvalue weighted by Gasteiger charge is -2.00. The molecule has 0 amide bonds. The van der Waals surface area contributed by atoms with E-state index in [-0.39, 0.29) is 0 Å².